The molecule has 1 aliphatic heterocycles. The van der Waals surface area contributed by atoms with Gasteiger partial charge in [-0.2, -0.15) is 0 Å². The van der Waals surface area contributed by atoms with Gasteiger partial charge in [-0.25, -0.2) is 0 Å². The zero-order valence-electron chi connectivity index (χ0n) is 12.2. The number of anilines is 1. The minimum Gasteiger partial charge on any atom is -0.377 e. The molecular formula is C16H23ClN2O2. The zero-order chi connectivity index (χ0) is 13.8. The summed E-state index contributed by atoms with van der Waals surface area (Å²) in [6.07, 6.45) is 6.05. The predicted octanol–water partition coefficient (Wildman–Crippen LogP) is 2.30. The fourth-order valence-corrected chi connectivity index (χ4v) is 3.01. The molecule has 1 fully saturated rings. The van der Waals surface area contributed by atoms with Crippen LogP contribution in [0.3, 0.4) is 0 Å². The molecule has 4 nitrogen and oxygen atoms in total. The smallest absolute Gasteiger partial charge is 0.238 e. The maximum Gasteiger partial charge on any atom is 0.238 e. The molecule has 1 amide bonds. The minimum atomic E-state index is 0. The molecule has 1 heterocycles. The number of aryl methyl sites for hydroxylation is 2. The second-order valence-electron chi connectivity index (χ2n) is 5.65. The van der Waals surface area contributed by atoms with Crippen molar-refractivity contribution >= 4 is 24.0 Å². The number of carbonyl (C=O) groups is 1. The fourth-order valence-electron chi connectivity index (χ4n) is 3.01. The van der Waals surface area contributed by atoms with Gasteiger partial charge in [-0.1, -0.05) is 6.07 Å². The maximum absolute atomic E-state index is 11.9. The lowest BCUT2D eigenvalue weighted by molar-refractivity contribution is -0.115. The Morgan fingerprint density at radius 3 is 2.90 bits per heavy atom. The molecule has 1 aliphatic carbocycles. The van der Waals surface area contributed by atoms with Gasteiger partial charge in [0.2, 0.25) is 5.91 Å². The van der Waals surface area contributed by atoms with Crippen LogP contribution in [-0.4, -0.2) is 31.7 Å². The van der Waals surface area contributed by atoms with Gasteiger partial charge in [0.15, 0.2) is 0 Å². The summed E-state index contributed by atoms with van der Waals surface area (Å²) in [5, 5.41) is 6.12. The van der Waals surface area contributed by atoms with E-state index in [1.54, 1.807) is 0 Å². The van der Waals surface area contributed by atoms with E-state index < -0.39 is 0 Å². The van der Waals surface area contributed by atoms with E-state index in [-0.39, 0.29) is 24.4 Å². The number of fused-ring (bicyclic) bond motifs is 1. The van der Waals surface area contributed by atoms with Crippen molar-refractivity contribution in [1.82, 2.24) is 5.32 Å². The van der Waals surface area contributed by atoms with Crippen LogP contribution in [0.4, 0.5) is 5.69 Å². The van der Waals surface area contributed by atoms with Gasteiger partial charge in [0.25, 0.3) is 0 Å². The van der Waals surface area contributed by atoms with E-state index in [0.717, 1.165) is 38.1 Å². The van der Waals surface area contributed by atoms with Crippen LogP contribution in [0.5, 0.6) is 0 Å². The SMILES string of the molecule is Cl.O=C(CNCC1CCCO1)Nc1ccc2c(c1)CCC2. The van der Waals surface area contributed by atoms with Crippen molar-refractivity contribution in [2.75, 3.05) is 25.0 Å². The molecule has 0 bridgehead atoms. The highest BCUT2D eigenvalue weighted by atomic mass is 35.5. The maximum atomic E-state index is 11.9. The minimum absolute atomic E-state index is 0. The first-order valence-electron chi connectivity index (χ1n) is 7.55. The van der Waals surface area contributed by atoms with E-state index in [2.05, 4.69) is 22.8 Å². The van der Waals surface area contributed by atoms with E-state index in [1.807, 2.05) is 6.07 Å². The molecule has 0 radical (unpaired) electrons. The van der Waals surface area contributed by atoms with Crippen molar-refractivity contribution in [3.8, 4) is 0 Å². The van der Waals surface area contributed by atoms with Crippen LogP contribution in [0.1, 0.15) is 30.4 Å². The summed E-state index contributed by atoms with van der Waals surface area (Å²) in [5.41, 5.74) is 3.73. The van der Waals surface area contributed by atoms with Gasteiger partial charge >= 0.3 is 0 Å². The van der Waals surface area contributed by atoms with Gasteiger partial charge in [-0.15, -0.1) is 12.4 Å². The van der Waals surface area contributed by atoms with E-state index in [0.29, 0.717) is 6.54 Å². The number of nitrogens with one attached hydrogen (secondary N) is 2. The van der Waals surface area contributed by atoms with Gasteiger partial charge in [0.05, 0.1) is 12.6 Å². The lowest BCUT2D eigenvalue weighted by atomic mass is 10.1. The molecule has 21 heavy (non-hydrogen) atoms. The highest BCUT2D eigenvalue weighted by Gasteiger charge is 2.15. The number of amides is 1. The van der Waals surface area contributed by atoms with Crippen LogP contribution in [0, 0.1) is 0 Å². The van der Waals surface area contributed by atoms with Crippen molar-refractivity contribution in [3.63, 3.8) is 0 Å². The zero-order valence-corrected chi connectivity index (χ0v) is 13.0. The van der Waals surface area contributed by atoms with Crippen molar-refractivity contribution in [2.45, 2.75) is 38.2 Å². The molecule has 1 aromatic rings. The molecule has 0 aromatic heterocycles. The summed E-state index contributed by atoms with van der Waals surface area (Å²) in [4.78, 5) is 11.9. The quantitative estimate of drug-likeness (QED) is 0.877. The molecule has 2 N–H and O–H groups in total. The van der Waals surface area contributed by atoms with Crippen LogP contribution in [-0.2, 0) is 22.4 Å². The Labute approximate surface area is 132 Å². The third-order valence-corrected chi connectivity index (χ3v) is 4.06. The molecule has 1 atom stereocenters. The molecule has 3 rings (SSSR count). The predicted molar refractivity (Wildman–Crippen MR) is 86.2 cm³/mol. The summed E-state index contributed by atoms with van der Waals surface area (Å²) in [5.74, 6) is 0.0148. The van der Waals surface area contributed by atoms with Crippen molar-refractivity contribution < 1.29 is 9.53 Å². The third-order valence-electron chi connectivity index (χ3n) is 4.06. The summed E-state index contributed by atoms with van der Waals surface area (Å²) in [6, 6.07) is 6.25. The molecule has 1 saturated heterocycles. The number of ether oxygens (including phenoxy) is 1. The Balaban J connectivity index is 0.00000161. The number of benzene rings is 1. The molecule has 116 valence electrons. The van der Waals surface area contributed by atoms with Crippen molar-refractivity contribution in [1.29, 1.82) is 0 Å². The first-order chi connectivity index (χ1) is 9.81. The number of halogens is 1. The third kappa shape index (κ3) is 4.43. The fraction of sp³-hybridized carbons (Fsp3) is 0.562. The Hall–Kier alpha value is -1.10. The second-order valence-corrected chi connectivity index (χ2v) is 5.65. The highest BCUT2D eigenvalue weighted by Crippen LogP contribution is 2.24. The lowest BCUT2D eigenvalue weighted by Crippen LogP contribution is -2.33. The largest absolute Gasteiger partial charge is 0.377 e. The molecule has 0 spiro atoms. The first-order valence-corrected chi connectivity index (χ1v) is 7.55. The molecule has 2 aliphatic rings. The van der Waals surface area contributed by atoms with Gasteiger partial charge < -0.3 is 15.4 Å². The van der Waals surface area contributed by atoms with Gasteiger partial charge in [-0.05, 0) is 55.4 Å². The monoisotopic (exact) mass is 310 g/mol. The number of hydrogen-bond acceptors (Lipinski definition) is 3. The van der Waals surface area contributed by atoms with Gasteiger partial charge in [0, 0.05) is 18.8 Å². The highest BCUT2D eigenvalue weighted by molar-refractivity contribution is 5.92. The summed E-state index contributed by atoms with van der Waals surface area (Å²) in [6.45, 7) is 1.96. The summed E-state index contributed by atoms with van der Waals surface area (Å²) in [7, 11) is 0. The van der Waals surface area contributed by atoms with Crippen LogP contribution in [0.25, 0.3) is 0 Å². The summed E-state index contributed by atoms with van der Waals surface area (Å²) < 4.78 is 5.51. The topological polar surface area (TPSA) is 50.4 Å². The van der Waals surface area contributed by atoms with E-state index in [1.165, 1.54) is 24.0 Å². The number of rotatable bonds is 5. The van der Waals surface area contributed by atoms with Crippen LogP contribution >= 0.6 is 12.4 Å². The van der Waals surface area contributed by atoms with Crippen LogP contribution < -0.4 is 10.6 Å². The Kier molecular flexibility index (Phi) is 6.03. The van der Waals surface area contributed by atoms with Crippen LogP contribution in [0.15, 0.2) is 18.2 Å². The number of carbonyl (C=O) groups excluding carboxylic acids is 1. The molecular weight excluding hydrogens is 288 g/mol. The van der Waals surface area contributed by atoms with E-state index in [9.17, 15) is 4.79 Å². The Bertz CT molecular complexity index is 487. The average Bonchev–Trinajstić information content (AvgIpc) is 3.08. The van der Waals surface area contributed by atoms with Crippen LogP contribution in [0.2, 0.25) is 0 Å². The standard InChI is InChI=1S/C16H22N2O2.ClH/c19-16(11-17-10-15-5-2-8-20-15)18-14-7-6-12-3-1-4-13(12)9-14;/h6-7,9,15,17H,1-5,8,10-11H2,(H,18,19);1H. The summed E-state index contributed by atoms with van der Waals surface area (Å²) >= 11 is 0. The molecule has 1 aromatic carbocycles. The first kappa shape index (κ1) is 16.3. The van der Waals surface area contributed by atoms with Gasteiger partial charge in [-0.3, -0.25) is 4.79 Å². The van der Waals surface area contributed by atoms with E-state index in [4.69, 9.17) is 4.74 Å². The molecule has 0 saturated carbocycles. The average molecular weight is 311 g/mol. The van der Waals surface area contributed by atoms with Crippen molar-refractivity contribution in [3.05, 3.63) is 29.3 Å². The molecule has 1 unspecified atom stereocenters. The molecule has 5 heteroatoms. The van der Waals surface area contributed by atoms with Crippen molar-refractivity contribution in [2.24, 2.45) is 0 Å². The van der Waals surface area contributed by atoms with E-state index >= 15 is 0 Å². The second kappa shape index (κ2) is 7.78. The Morgan fingerprint density at radius 1 is 1.24 bits per heavy atom. The van der Waals surface area contributed by atoms with Gasteiger partial charge in [0.1, 0.15) is 0 Å². The Morgan fingerprint density at radius 2 is 2.10 bits per heavy atom. The lowest BCUT2D eigenvalue weighted by Gasteiger charge is -2.11. The number of hydrogen-bond donors (Lipinski definition) is 2. The normalized spacial score (nSPS) is 19.9.